The van der Waals surface area contributed by atoms with Crippen LogP contribution in [0.3, 0.4) is 0 Å². The zero-order chi connectivity index (χ0) is 22.0. The van der Waals surface area contributed by atoms with Crippen LogP contribution in [0.15, 0.2) is 28.5 Å². The van der Waals surface area contributed by atoms with Crippen LogP contribution >= 0.6 is 34.4 Å². The lowest BCUT2D eigenvalue weighted by Gasteiger charge is -2.19. The average molecular weight is 576 g/mol. The van der Waals surface area contributed by atoms with Crippen LogP contribution in [0.25, 0.3) is 11.2 Å². The summed E-state index contributed by atoms with van der Waals surface area (Å²) in [6.45, 7) is 3.57. The summed E-state index contributed by atoms with van der Waals surface area (Å²) < 4.78 is 40.8. The second-order valence-corrected chi connectivity index (χ2v) is 10.8. The first kappa shape index (κ1) is 22.4. The highest BCUT2D eigenvalue weighted by Gasteiger charge is 2.20. The molecule has 2 aromatic heterocycles. The van der Waals surface area contributed by atoms with Gasteiger partial charge in [-0.25, -0.2) is 28.1 Å². The lowest BCUT2D eigenvalue weighted by Crippen LogP contribution is -2.26. The highest BCUT2D eigenvalue weighted by Crippen LogP contribution is 2.40. The lowest BCUT2D eigenvalue weighted by molar-refractivity contribution is 0.171. The first-order chi connectivity index (χ1) is 14.9. The Labute approximate surface area is 197 Å². The number of aryl methyl sites for hydroxylation is 1. The van der Waals surface area contributed by atoms with Gasteiger partial charge in [0.15, 0.2) is 33.6 Å². The Hall–Kier alpha value is -1.84. The molecule has 0 bridgehead atoms. The van der Waals surface area contributed by atoms with E-state index in [1.54, 1.807) is 6.92 Å². The van der Waals surface area contributed by atoms with E-state index in [0.717, 1.165) is 14.2 Å². The molecule has 0 aliphatic carbocycles. The maximum absolute atomic E-state index is 12.0. The second kappa shape index (κ2) is 9.34. The third-order valence-corrected chi connectivity index (χ3v) is 8.35. The number of nitrogen functional groups attached to an aromatic ring is 1. The van der Waals surface area contributed by atoms with Gasteiger partial charge in [0.25, 0.3) is 0 Å². The number of anilines is 1. The fourth-order valence-electron chi connectivity index (χ4n) is 3.14. The Morgan fingerprint density at radius 1 is 1.26 bits per heavy atom. The number of halogens is 1. The number of aromatic nitrogens is 4. The van der Waals surface area contributed by atoms with Crippen LogP contribution in [0.2, 0.25) is 0 Å². The Balaban J connectivity index is 1.66. The molecule has 3 aromatic rings. The zero-order valence-electron chi connectivity index (χ0n) is 16.7. The maximum atomic E-state index is 12.0. The third-order valence-electron chi connectivity index (χ3n) is 4.48. The first-order valence-corrected chi connectivity index (χ1v) is 13.1. The maximum Gasteiger partial charge on any atom is 0.211 e. The molecular formula is C18H21IN6O4S2. The van der Waals surface area contributed by atoms with Gasteiger partial charge < -0.3 is 19.8 Å². The van der Waals surface area contributed by atoms with Crippen molar-refractivity contribution in [2.45, 2.75) is 29.9 Å². The molecule has 10 nitrogen and oxygen atoms in total. The molecule has 3 N–H and O–H groups in total. The van der Waals surface area contributed by atoms with Gasteiger partial charge in [-0.3, -0.25) is 0 Å². The number of hydrogen-bond acceptors (Lipinski definition) is 9. The molecule has 4 rings (SSSR count). The summed E-state index contributed by atoms with van der Waals surface area (Å²) in [5, 5.41) is 0.651. The van der Waals surface area contributed by atoms with Gasteiger partial charge in [-0.05, 0) is 41.1 Å². The van der Waals surface area contributed by atoms with E-state index in [-0.39, 0.29) is 11.6 Å². The van der Waals surface area contributed by atoms with Gasteiger partial charge >= 0.3 is 0 Å². The van der Waals surface area contributed by atoms with Crippen LogP contribution in [0, 0.1) is 3.57 Å². The van der Waals surface area contributed by atoms with E-state index < -0.39 is 10.0 Å². The van der Waals surface area contributed by atoms with Gasteiger partial charge in [-0.2, -0.15) is 0 Å². The summed E-state index contributed by atoms with van der Waals surface area (Å²) in [6.07, 6.45) is 1.78. The van der Waals surface area contributed by atoms with Gasteiger partial charge in [-0.1, -0.05) is 18.7 Å². The number of hydrogen-bond donors (Lipinski definition) is 2. The molecule has 0 amide bonds. The van der Waals surface area contributed by atoms with Crippen molar-refractivity contribution in [2.24, 2.45) is 0 Å². The van der Waals surface area contributed by atoms with E-state index in [1.165, 1.54) is 18.1 Å². The summed E-state index contributed by atoms with van der Waals surface area (Å²) in [7, 11) is -3.31. The second-order valence-electron chi connectivity index (χ2n) is 6.68. The summed E-state index contributed by atoms with van der Waals surface area (Å²) in [6, 6.07) is 3.86. The van der Waals surface area contributed by atoms with Crippen molar-refractivity contribution >= 4 is 61.4 Å². The molecule has 1 aromatic carbocycles. The molecule has 166 valence electrons. The Kier molecular flexibility index (Phi) is 6.74. The molecule has 0 atom stereocenters. The molecule has 0 radical (unpaired) electrons. The van der Waals surface area contributed by atoms with Crippen LogP contribution < -0.4 is 19.9 Å². The number of sulfonamides is 1. The fourth-order valence-corrected chi connectivity index (χ4v) is 5.95. The Morgan fingerprint density at radius 3 is 2.74 bits per heavy atom. The van der Waals surface area contributed by atoms with Crippen molar-refractivity contribution in [1.29, 1.82) is 0 Å². The summed E-state index contributed by atoms with van der Waals surface area (Å²) in [4.78, 5) is 13.9. The van der Waals surface area contributed by atoms with Crippen molar-refractivity contribution in [3.63, 3.8) is 0 Å². The largest absolute Gasteiger partial charge is 0.486 e. The van der Waals surface area contributed by atoms with Crippen molar-refractivity contribution in [3.8, 4) is 11.5 Å². The van der Waals surface area contributed by atoms with Crippen LogP contribution in [0.1, 0.15) is 13.3 Å². The van der Waals surface area contributed by atoms with Crippen LogP contribution in [0.5, 0.6) is 11.5 Å². The van der Waals surface area contributed by atoms with Gasteiger partial charge in [0, 0.05) is 21.6 Å². The highest BCUT2D eigenvalue weighted by atomic mass is 127. The molecular weight excluding hydrogens is 555 g/mol. The minimum Gasteiger partial charge on any atom is -0.486 e. The molecule has 0 spiro atoms. The van der Waals surface area contributed by atoms with E-state index in [0.29, 0.717) is 54.8 Å². The smallest absolute Gasteiger partial charge is 0.211 e. The summed E-state index contributed by atoms with van der Waals surface area (Å²) in [5.74, 6) is 1.69. The number of imidazole rings is 1. The number of rotatable bonds is 8. The first-order valence-electron chi connectivity index (χ1n) is 9.59. The third kappa shape index (κ3) is 4.99. The predicted molar refractivity (Wildman–Crippen MR) is 126 cm³/mol. The van der Waals surface area contributed by atoms with E-state index >= 15 is 0 Å². The van der Waals surface area contributed by atoms with Crippen LogP contribution in [-0.4, -0.2) is 53.4 Å². The molecule has 0 saturated carbocycles. The minimum atomic E-state index is -3.31. The average Bonchev–Trinajstić information content (AvgIpc) is 3.07. The molecule has 31 heavy (non-hydrogen) atoms. The molecule has 13 heteroatoms. The van der Waals surface area contributed by atoms with Crippen LogP contribution in [-0.2, 0) is 16.6 Å². The molecule has 0 unspecified atom stereocenters. The SMILES string of the molecule is CCNS(=O)(=O)CCCn1c(Sc2cc3c(cc2I)OCCO3)nc2c(N)ncnc21. The van der Waals surface area contributed by atoms with E-state index in [2.05, 4.69) is 42.3 Å². The lowest BCUT2D eigenvalue weighted by atomic mass is 10.3. The Bertz CT molecular complexity index is 1220. The zero-order valence-corrected chi connectivity index (χ0v) is 20.5. The number of nitrogens with zero attached hydrogens (tertiary/aromatic N) is 4. The molecule has 1 aliphatic rings. The van der Waals surface area contributed by atoms with Gasteiger partial charge in [-0.15, -0.1) is 0 Å². The Morgan fingerprint density at radius 2 is 2.00 bits per heavy atom. The van der Waals surface area contributed by atoms with Crippen molar-refractivity contribution < 1.29 is 17.9 Å². The predicted octanol–water partition coefficient (Wildman–Crippen LogP) is 2.26. The number of fused-ring (bicyclic) bond motifs is 2. The summed E-state index contributed by atoms with van der Waals surface area (Å²) in [5.41, 5.74) is 7.08. The summed E-state index contributed by atoms with van der Waals surface area (Å²) >= 11 is 3.68. The molecule has 1 aliphatic heterocycles. The number of nitrogens with one attached hydrogen (secondary N) is 1. The van der Waals surface area contributed by atoms with E-state index in [1.807, 2.05) is 16.7 Å². The quantitative estimate of drug-likeness (QED) is 0.388. The van der Waals surface area contributed by atoms with Crippen LogP contribution in [0.4, 0.5) is 5.82 Å². The molecule has 0 saturated heterocycles. The topological polar surface area (TPSA) is 134 Å². The van der Waals surface area contributed by atoms with Crippen molar-refractivity contribution in [2.75, 3.05) is 31.2 Å². The minimum absolute atomic E-state index is 0.00669. The fraction of sp³-hybridized carbons (Fsp3) is 0.389. The molecule has 3 heterocycles. The van der Waals surface area contributed by atoms with Gasteiger partial charge in [0.05, 0.1) is 5.75 Å². The monoisotopic (exact) mass is 576 g/mol. The highest BCUT2D eigenvalue weighted by molar-refractivity contribution is 14.1. The number of nitrogens with two attached hydrogens (primary N) is 1. The van der Waals surface area contributed by atoms with Gasteiger partial charge in [0.2, 0.25) is 10.0 Å². The van der Waals surface area contributed by atoms with Crippen molar-refractivity contribution in [1.82, 2.24) is 24.2 Å². The normalized spacial score (nSPS) is 13.6. The van der Waals surface area contributed by atoms with Crippen molar-refractivity contribution in [3.05, 3.63) is 22.0 Å². The van der Waals surface area contributed by atoms with E-state index in [4.69, 9.17) is 15.2 Å². The van der Waals surface area contributed by atoms with E-state index in [9.17, 15) is 8.42 Å². The standard InChI is InChI=1S/C18H21IN6O4S2/c1-2-23-31(26,27)7-3-4-25-17-15(16(20)21-10-22-17)24-18(25)30-14-9-13-12(8-11(14)19)28-5-6-29-13/h8-10,23H,2-7H2,1H3,(H2,20,21,22). The molecule has 0 fully saturated rings. The number of benzene rings is 1. The number of ether oxygens (including phenoxy) is 2. The van der Waals surface area contributed by atoms with Gasteiger partial charge in [0.1, 0.15) is 19.5 Å².